The summed E-state index contributed by atoms with van der Waals surface area (Å²) in [5, 5.41) is 7.19. The molecule has 1 aromatic carbocycles. The van der Waals surface area contributed by atoms with Crippen molar-refractivity contribution >= 4 is 5.91 Å². The minimum atomic E-state index is -0.0620. The second kappa shape index (κ2) is 9.14. The zero-order valence-corrected chi connectivity index (χ0v) is 20.8. The van der Waals surface area contributed by atoms with Crippen LogP contribution in [-0.4, -0.2) is 41.6 Å². The van der Waals surface area contributed by atoms with Crippen LogP contribution in [0.15, 0.2) is 36.4 Å². The van der Waals surface area contributed by atoms with Crippen LogP contribution in [0, 0.1) is 18.8 Å². The van der Waals surface area contributed by atoms with Crippen molar-refractivity contribution in [1.29, 1.82) is 0 Å². The molecule has 1 spiro atoms. The first-order chi connectivity index (χ1) is 16.7. The molecule has 1 aliphatic carbocycles. The van der Waals surface area contributed by atoms with E-state index in [1.54, 1.807) is 0 Å². The third kappa shape index (κ3) is 3.80. The Balaban J connectivity index is 1.30. The Bertz CT molecular complexity index is 1010. The monoisotopic (exact) mass is 461 g/mol. The molecule has 1 aromatic heterocycles. The van der Waals surface area contributed by atoms with Crippen LogP contribution in [0.3, 0.4) is 0 Å². The lowest BCUT2D eigenvalue weighted by Gasteiger charge is -2.47. The number of nitrogens with zero attached hydrogens (tertiary/aromatic N) is 2. The van der Waals surface area contributed by atoms with E-state index in [1.165, 1.54) is 49.1 Å². The molecule has 4 heterocycles. The summed E-state index contributed by atoms with van der Waals surface area (Å²) in [6.45, 7) is 5.84. The molecule has 2 saturated heterocycles. The number of amides is 1. The van der Waals surface area contributed by atoms with Gasteiger partial charge in [0.15, 0.2) is 6.54 Å². The Kier molecular flexibility index (Phi) is 6.00. The van der Waals surface area contributed by atoms with E-state index in [0.29, 0.717) is 23.8 Å². The topological polar surface area (TPSA) is 52.0 Å². The largest absolute Gasteiger partial charge is 0.339 e. The van der Waals surface area contributed by atoms with Crippen molar-refractivity contribution in [1.82, 2.24) is 15.3 Å². The molecule has 4 aliphatic rings. The van der Waals surface area contributed by atoms with Gasteiger partial charge in [0, 0.05) is 38.2 Å². The van der Waals surface area contributed by atoms with E-state index < -0.39 is 0 Å². The summed E-state index contributed by atoms with van der Waals surface area (Å²) < 4.78 is 2.33. The number of H-pyrrole nitrogens is 1. The number of benzene rings is 1. The quantitative estimate of drug-likeness (QED) is 0.673. The summed E-state index contributed by atoms with van der Waals surface area (Å²) in [7, 11) is 0. The van der Waals surface area contributed by atoms with E-state index in [0.717, 1.165) is 51.9 Å². The molecule has 6 rings (SSSR count). The first kappa shape index (κ1) is 22.3. The molecule has 0 unspecified atom stereocenters. The number of nitrogens with one attached hydrogen (secondary N) is 2. The minimum Gasteiger partial charge on any atom is -0.339 e. The van der Waals surface area contributed by atoms with Gasteiger partial charge in [-0.2, -0.15) is 5.10 Å². The van der Waals surface area contributed by atoms with E-state index >= 15 is 0 Å². The van der Waals surface area contributed by atoms with Crippen LogP contribution >= 0.6 is 0 Å². The summed E-state index contributed by atoms with van der Waals surface area (Å²) >= 11 is 0. The lowest BCUT2D eigenvalue weighted by atomic mass is 9.69. The molecule has 0 bridgehead atoms. The molecule has 34 heavy (non-hydrogen) atoms. The highest BCUT2D eigenvalue weighted by atomic mass is 16.2. The number of fused-ring (bicyclic) bond motifs is 2. The molecule has 4 atom stereocenters. The van der Waals surface area contributed by atoms with Crippen molar-refractivity contribution in [2.75, 3.05) is 19.6 Å². The lowest BCUT2D eigenvalue weighted by Crippen LogP contribution is -2.58. The molecule has 1 saturated carbocycles. The number of carbonyl (C=O) groups is 1. The van der Waals surface area contributed by atoms with Crippen molar-refractivity contribution in [2.45, 2.75) is 88.6 Å². The van der Waals surface area contributed by atoms with Crippen molar-refractivity contribution in [3.63, 3.8) is 0 Å². The number of likely N-dealkylation sites (tertiary alicyclic amines) is 1. The summed E-state index contributed by atoms with van der Waals surface area (Å²) in [6.07, 6.45) is 11.1. The molecule has 0 radical (unpaired) electrons. The molecule has 2 N–H and O–H groups in total. The Labute approximate surface area is 204 Å². The highest BCUT2D eigenvalue weighted by Crippen LogP contribution is 2.45. The van der Waals surface area contributed by atoms with E-state index in [2.05, 4.69) is 63.3 Å². The fourth-order valence-corrected chi connectivity index (χ4v) is 7.94. The van der Waals surface area contributed by atoms with E-state index in [-0.39, 0.29) is 11.3 Å². The molecular formula is C29H41N4O+. The second-order valence-corrected chi connectivity index (χ2v) is 11.5. The number of aromatic amines is 1. The van der Waals surface area contributed by atoms with E-state index in [1.807, 2.05) is 0 Å². The first-order valence-corrected chi connectivity index (χ1v) is 13.8. The Morgan fingerprint density at radius 3 is 2.74 bits per heavy atom. The van der Waals surface area contributed by atoms with Gasteiger partial charge in [0.25, 0.3) is 0 Å². The van der Waals surface area contributed by atoms with Gasteiger partial charge in [-0.05, 0) is 56.4 Å². The van der Waals surface area contributed by atoms with Gasteiger partial charge in [0.05, 0.1) is 17.0 Å². The highest BCUT2D eigenvalue weighted by molar-refractivity contribution is 5.82. The van der Waals surface area contributed by atoms with Crippen molar-refractivity contribution < 1.29 is 9.48 Å². The maximum atomic E-state index is 14.5. The molecular weight excluding hydrogens is 420 g/mol. The fourth-order valence-electron chi connectivity index (χ4n) is 7.94. The van der Waals surface area contributed by atoms with Crippen LogP contribution in [0.1, 0.15) is 80.7 Å². The molecule has 1 amide bonds. The van der Waals surface area contributed by atoms with Gasteiger partial charge in [-0.1, -0.05) is 49.6 Å². The Hall–Kier alpha value is -2.14. The van der Waals surface area contributed by atoms with Crippen LogP contribution in [-0.2, 0) is 16.8 Å². The van der Waals surface area contributed by atoms with Crippen molar-refractivity contribution in [3.05, 3.63) is 53.3 Å². The number of rotatable bonds is 3. The molecule has 182 valence electrons. The fraction of sp³-hybridized carbons (Fsp3) is 0.655. The summed E-state index contributed by atoms with van der Waals surface area (Å²) in [5.74, 6) is 1.73. The van der Waals surface area contributed by atoms with E-state index in [4.69, 9.17) is 0 Å². The van der Waals surface area contributed by atoms with E-state index in [9.17, 15) is 4.79 Å². The summed E-state index contributed by atoms with van der Waals surface area (Å²) in [6, 6.07) is 13.8. The number of hydrogen-bond acceptors (Lipinski definition) is 2. The molecule has 5 nitrogen and oxygen atoms in total. The van der Waals surface area contributed by atoms with Gasteiger partial charge in [-0.3, -0.25) is 4.79 Å². The van der Waals surface area contributed by atoms with Gasteiger partial charge >= 0.3 is 0 Å². The number of carbonyl (C=O) groups excluding carboxylic acids is 1. The van der Waals surface area contributed by atoms with Crippen LogP contribution in [0.25, 0.3) is 0 Å². The Morgan fingerprint density at radius 1 is 1.09 bits per heavy atom. The maximum Gasteiger partial charge on any atom is 0.228 e. The normalized spacial score (nSPS) is 32.1. The van der Waals surface area contributed by atoms with Crippen LogP contribution < -0.4 is 10.00 Å². The number of aromatic nitrogens is 2. The van der Waals surface area contributed by atoms with Crippen LogP contribution in [0.2, 0.25) is 0 Å². The summed E-state index contributed by atoms with van der Waals surface area (Å²) in [5.41, 5.74) is 3.96. The highest BCUT2D eigenvalue weighted by Gasteiger charge is 2.56. The van der Waals surface area contributed by atoms with Crippen LogP contribution in [0.4, 0.5) is 0 Å². The van der Waals surface area contributed by atoms with Gasteiger partial charge in [-0.25, -0.2) is 0 Å². The third-order valence-corrected chi connectivity index (χ3v) is 9.62. The predicted octanol–water partition coefficient (Wildman–Crippen LogP) is 4.22. The zero-order chi connectivity index (χ0) is 23.1. The predicted molar refractivity (Wildman–Crippen MR) is 133 cm³/mol. The summed E-state index contributed by atoms with van der Waals surface area (Å²) in [4.78, 5) is 16.8. The molecule has 3 fully saturated rings. The minimum absolute atomic E-state index is 0.0496. The van der Waals surface area contributed by atoms with Crippen LogP contribution in [0.5, 0.6) is 0 Å². The molecule has 2 aromatic rings. The number of hydrogen-bond donors (Lipinski definition) is 2. The average Bonchev–Trinajstić information content (AvgIpc) is 3.48. The SMILES string of the molecule is Cc1cc2[n+]([nH]1)CCC[C@]21CNC[C@H]1C(=O)N1CC[C@@H](c2ccccc2)C[C@H]1C1CCCCC1. The van der Waals surface area contributed by atoms with Gasteiger partial charge < -0.3 is 10.2 Å². The molecule has 3 aliphatic heterocycles. The average molecular weight is 462 g/mol. The van der Waals surface area contributed by atoms with Gasteiger partial charge in [0.2, 0.25) is 11.6 Å². The number of piperidine rings is 1. The van der Waals surface area contributed by atoms with Crippen molar-refractivity contribution in [2.24, 2.45) is 11.8 Å². The standard InChI is InChI=1S/C29H40N4O/c1-21-17-27-29(14-8-15-33(27)31-21)20-30-19-25(29)28(34)32-16-13-24(22-9-4-2-5-10-22)18-26(32)23-11-6-3-7-12-23/h2,4-5,9-10,17,23-26,30H,3,6-8,11-16,18-20H2,1H3/p+1/t24-,25+,26+,29-/m1/s1. The van der Waals surface area contributed by atoms with Gasteiger partial charge in [0.1, 0.15) is 0 Å². The first-order valence-electron chi connectivity index (χ1n) is 13.8. The second-order valence-electron chi connectivity index (χ2n) is 11.5. The lowest BCUT2D eigenvalue weighted by molar-refractivity contribution is -0.765. The van der Waals surface area contributed by atoms with Crippen molar-refractivity contribution in [3.8, 4) is 0 Å². The Morgan fingerprint density at radius 2 is 1.91 bits per heavy atom. The third-order valence-electron chi connectivity index (χ3n) is 9.62. The van der Waals surface area contributed by atoms with Gasteiger partial charge in [-0.15, -0.1) is 4.68 Å². The number of aryl methyl sites for hydroxylation is 2. The smallest absolute Gasteiger partial charge is 0.228 e. The maximum absolute atomic E-state index is 14.5. The zero-order valence-electron chi connectivity index (χ0n) is 20.8. The molecule has 5 heteroatoms.